The number of carbonyl (C=O) groups is 3. The average molecular weight is 653 g/mol. The summed E-state index contributed by atoms with van der Waals surface area (Å²) in [6, 6.07) is 6.80. The van der Waals surface area contributed by atoms with E-state index in [0.717, 1.165) is 16.5 Å². The first-order valence-electron chi connectivity index (χ1n) is 15.4. The predicted octanol–water partition coefficient (Wildman–Crippen LogP) is 6.11. The molecule has 1 aromatic carbocycles. The number of rotatable bonds is 12. The first-order valence-corrected chi connectivity index (χ1v) is 17.4. The second-order valence-corrected chi connectivity index (χ2v) is 15.9. The molecule has 2 aromatic heterocycles. The molecule has 0 radical (unpaired) electrons. The highest BCUT2D eigenvalue weighted by Crippen LogP contribution is 2.43. The summed E-state index contributed by atoms with van der Waals surface area (Å²) < 4.78 is 12.9. The fourth-order valence-electron chi connectivity index (χ4n) is 6.06. The summed E-state index contributed by atoms with van der Waals surface area (Å²) in [7, 11) is 0. The zero-order valence-corrected chi connectivity index (χ0v) is 28.3. The Kier molecular flexibility index (Phi) is 9.43. The Balaban J connectivity index is 1.41. The molecule has 2 aliphatic rings. The fraction of sp³-hybridized carbons (Fsp3) is 0.500. The first kappa shape index (κ1) is 33.1. The van der Waals surface area contributed by atoms with Crippen LogP contribution in [-0.2, 0) is 49.0 Å². The van der Waals surface area contributed by atoms with Gasteiger partial charge in [-0.1, -0.05) is 27.7 Å². The highest BCUT2D eigenvalue weighted by Gasteiger charge is 2.50. The summed E-state index contributed by atoms with van der Waals surface area (Å²) in [6.45, 7) is 11.8. The molecular formula is C34H40N2O7S2. The van der Waals surface area contributed by atoms with Gasteiger partial charge in [0.15, 0.2) is 0 Å². The van der Waals surface area contributed by atoms with E-state index >= 15 is 0 Å². The normalized spacial score (nSPS) is 17.2. The quantitative estimate of drug-likeness (QED) is 0.142. The third-order valence-corrected chi connectivity index (χ3v) is 11.5. The lowest BCUT2D eigenvalue weighted by molar-refractivity contribution is -0.189. The Morgan fingerprint density at radius 2 is 1.82 bits per heavy atom. The molecular weight excluding hydrogens is 613 g/mol. The summed E-state index contributed by atoms with van der Waals surface area (Å²) in [5.74, 6) is 0.327. The molecule has 0 fully saturated rings. The number of benzene rings is 1. The predicted molar refractivity (Wildman–Crippen MR) is 178 cm³/mol. The van der Waals surface area contributed by atoms with Crippen molar-refractivity contribution in [2.45, 2.75) is 90.1 Å². The van der Waals surface area contributed by atoms with E-state index in [1.165, 1.54) is 0 Å². The van der Waals surface area contributed by atoms with Crippen LogP contribution < -0.4 is 5.56 Å². The lowest BCUT2D eigenvalue weighted by Gasteiger charge is -2.35. The maximum atomic E-state index is 13.9. The van der Waals surface area contributed by atoms with E-state index < -0.39 is 17.5 Å². The molecule has 0 saturated heterocycles. The van der Waals surface area contributed by atoms with Crippen LogP contribution in [0.15, 0.2) is 29.1 Å². The molecule has 11 heteroatoms. The van der Waals surface area contributed by atoms with E-state index in [9.17, 15) is 24.3 Å². The van der Waals surface area contributed by atoms with Crippen molar-refractivity contribution >= 4 is 52.1 Å². The molecule has 240 valence electrons. The molecule has 3 aromatic rings. The summed E-state index contributed by atoms with van der Waals surface area (Å²) in [4.78, 5) is 57.4. The Hall–Kier alpha value is -3.31. The molecule has 1 N–H and O–H groups in total. The van der Waals surface area contributed by atoms with Gasteiger partial charge in [-0.3, -0.25) is 14.4 Å². The van der Waals surface area contributed by atoms with Crippen molar-refractivity contribution in [1.82, 2.24) is 9.55 Å². The van der Waals surface area contributed by atoms with Crippen LogP contribution in [0.2, 0.25) is 0 Å². The van der Waals surface area contributed by atoms with E-state index in [1.54, 1.807) is 59.3 Å². The molecule has 0 unspecified atom stereocenters. The lowest BCUT2D eigenvalue weighted by atomic mass is 9.85. The van der Waals surface area contributed by atoms with Crippen LogP contribution in [0.1, 0.15) is 83.1 Å². The molecule has 5 rings (SSSR count). The van der Waals surface area contributed by atoms with Gasteiger partial charge in [0, 0.05) is 40.4 Å². The summed E-state index contributed by atoms with van der Waals surface area (Å²) in [5, 5.41) is 11.0. The Bertz CT molecular complexity index is 1750. The number of aromatic nitrogens is 2. The minimum atomic E-state index is -1.75. The van der Waals surface area contributed by atoms with Gasteiger partial charge in [0.05, 0.1) is 39.5 Å². The summed E-state index contributed by atoms with van der Waals surface area (Å²) >= 11 is 3.27. The zero-order chi connectivity index (χ0) is 32.7. The number of carbonyl (C=O) groups excluding carboxylic acids is 3. The SMILES string of the molecule is CCc1c2c(nc3ccc(O)cc13)-c1cc3c(c(=O)n1C2)COC(=O)[C@@]3(CC)OC(=O)CCSC(C)(C)SCCC(=O)C(C)C. The van der Waals surface area contributed by atoms with Gasteiger partial charge in [-0.05, 0) is 56.5 Å². The van der Waals surface area contributed by atoms with Crippen LogP contribution in [-0.4, -0.2) is 48.0 Å². The van der Waals surface area contributed by atoms with Crippen LogP contribution in [0.5, 0.6) is 5.75 Å². The minimum Gasteiger partial charge on any atom is -0.508 e. The van der Waals surface area contributed by atoms with Crippen LogP contribution >= 0.6 is 23.5 Å². The van der Waals surface area contributed by atoms with E-state index in [2.05, 4.69) is 13.8 Å². The lowest BCUT2D eigenvalue weighted by Crippen LogP contribution is -2.47. The van der Waals surface area contributed by atoms with Crippen molar-refractivity contribution in [3.05, 3.63) is 56.9 Å². The molecule has 0 bridgehead atoms. The molecule has 45 heavy (non-hydrogen) atoms. The average Bonchev–Trinajstić information content (AvgIpc) is 3.35. The first-order chi connectivity index (χ1) is 21.3. The number of phenols is 1. The number of Topliss-reactive ketones (excluding diaryl/α,β-unsaturated/α-hetero) is 1. The minimum absolute atomic E-state index is 0.0195. The van der Waals surface area contributed by atoms with Gasteiger partial charge in [0.2, 0.25) is 5.60 Å². The second-order valence-electron chi connectivity index (χ2n) is 12.2. The van der Waals surface area contributed by atoms with Crippen LogP contribution in [0.3, 0.4) is 0 Å². The number of ketones is 1. The Morgan fingerprint density at radius 1 is 1.11 bits per heavy atom. The fourth-order valence-corrected chi connectivity index (χ4v) is 8.45. The van der Waals surface area contributed by atoms with Gasteiger partial charge in [0.25, 0.3) is 5.56 Å². The van der Waals surface area contributed by atoms with E-state index in [1.807, 2.05) is 20.8 Å². The zero-order valence-electron chi connectivity index (χ0n) is 26.7. The number of ether oxygens (including phenoxy) is 2. The van der Waals surface area contributed by atoms with Gasteiger partial charge < -0.3 is 19.1 Å². The number of aryl methyl sites for hydroxylation is 1. The number of nitrogens with zero attached hydrogens (tertiary/aromatic N) is 2. The molecule has 9 nitrogen and oxygen atoms in total. The number of esters is 2. The van der Waals surface area contributed by atoms with Crippen molar-refractivity contribution < 1.29 is 29.0 Å². The van der Waals surface area contributed by atoms with Gasteiger partial charge in [-0.2, -0.15) is 0 Å². The van der Waals surface area contributed by atoms with Gasteiger partial charge in [-0.15, -0.1) is 23.5 Å². The number of thioether (sulfide) groups is 2. The number of hydrogen-bond donors (Lipinski definition) is 1. The third kappa shape index (κ3) is 6.25. The summed E-state index contributed by atoms with van der Waals surface area (Å²) in [6.07, 6.45) is 1.35. The Morgan fingerprint density at radius 3 is 2.49 bits per heavy atom. The van der Waals surface area contributed by atoms with Crippen molar-refractivity contribution in [2.24, 2.45) is 5.92 Å². The van der Waals surface area contributed by atoms with Gasteiger partial charge >= 0.3 is 11.9 Å². The second kappa shape index (κ2) is 12.8. The van der Waals surface area contributed by atoms with Crippen molar-refractivity contribution in [3.8, 4) is 17.1 Å². The maximum absolute atomic E-state index is 13.9. The van der Waals surface area contributed by atoms with Gasteiger partial charge in [0.1, 0.15) is 18.1 Å². The molecule has 0 saturated carbocycles. The number of fused-ring (bicyclic) bond motifs is 5. The monoisotopic (exact) mass is 652 g/mol. The van der Waals surface area contributed by atoms with Crippen molar-refractivity contribution in [3.63, 3.8) is 0 Å². The third-order valence-electron chi connectivity index (χ3n) is 8.60. The van der Waals surface area contributed by atoms with E-state index in [4.69, 9.17) is 14.5 Å². The molecule has 1 atom stereocenters. The molecule has 0 spiro atoms. The molecule has 0 amide bonds. The summed E-state index contributed by atoms with van der Waals surface area (Å²) in [5.41, 5.74) is 2.39. The maximum Gasteiger partial charge on any atom is 0.355 e. The number of phenolic OH excluding ortho intramolecular Hbond substituents is 1. The smallest absolute Gasteiger partial charge is 0.355 e. The largest absolute Gasteiger partial charge is 0.508 e. The standard InChI is InChI=1S/C34H40N2O7S2/c1-7-21-22-15-20(37)9-10-26(22)35-30-23(21)17-36-27(30)16-25-24(31(36)40)18-42-32(41)34(25,8-2)43-29(39)12-14-45-33(5,6)44-13-11-28(38)19(3)4/h9-10,15-16,19,37H,7-8,11-14,17-18H2,1-6H3/t34-/m0/s1. The number of cyclic esters (lactones) is 1. The molecule has 4 heterocycles. The molecule has 2 aliphatic heterocycles. The number of pyridine rings is 2. The van der Waals surface area contributed by atoms with Crippen molar-refractivity contribution in [1.29, 1.82) is 0 Å². The van der Waals surface area contributed by atoms with E-state index in [-0.39, 0.29) is 46.5 Å². The van der Waals surface area contributed by atoms with Crippen LogP contribution in [0, 0.1) is 5.92 Å². The Labute approximate surface area is 271 Å². The van der Waals surface area contributed by atoms with Gasteiger partial charge in [-0.25, -0.2) is 9.78 Å². The number of hydrogen-bond acceptors (Lipinski definition) is 10. The van der Waals surface area contributed by atoms with Crippen LogP contribution in [0.25, 0.3) is 22.3 Å². The highest BCUT2D eigenvalue weighted by molar-refractivity contribution is 8.18. The van der Waals surface area contributed by atoms with E-state index in [0.29, 0.717) is 58.9 Å². The molecule has 0 aliphatic carbocycles. The van der Waals surface area contributed by atoms with Crippen molar-refractivity contribution in [2.75, 3.05) is 11.5 Å². The van der Waals surface area contributed by atoms with Crippen LogP contribution in [0.4, 0.5) is 0 Å². The topological polar surface area (TPSA) is 125 Å². The highest BCUT2D eigenvalue weighted by atomic mass is 32.2. The number of aromatic hydroxyl groups is 1.